The van der Waals surface area contributed by atoms with Gasteiger partial charge in [-0.05, 0) is 30.3 Å². The molecular formula is C14H10ClF2NO2. The van der Waals surface area contributed by atoms with Gasteiger partial charge in [-0.1, -0.05) is 17.7 Å². The highest BCUT2D eigenvalue weighted by atomic mass is 35.5. The van der Waals surface area contributed by atoms with Crippen LogP contribution in [0.2, 0.25) is 5.02 Å². The molecule has 0 spiro atoms. The SMILES string of the molecule is COc1c(Cl)cccc1NC(=O)c1cc(F)ccc1F. The summed E-state index contributed by atoms with van der Waals surface area (Å²) in [6, 6.07) is 7.37. The predicted molar refractivity (Wildman–Crippen MR) is 72.3 cm³/mol. The number of nitrogens with one attached hydrogen (secondary N) is 1. The molecule has 0 saturated heterocycles. The molecule has 0 aliphatic heterocycles. The van der Waals surface area contributed by atoms with Crippen LogP contribution in [0.5, 0.6) is 5.75 Å². The van der Waals surface area contributed by atoms with Crippen molar-refractivity contribution >= 4 is 23.2 Å². The summed E-state index contributed by atoms with van der Waals surface area (Å²) in [6.45, 7) is 0. The molecule has 6 heteroatoms. The van der Waals surface area contributed by atoms with Crippen LogP contribution in [0.4, 0.5) is 14.5 Å². The summed E-state index contributed by atoms with van der Waals surface area (Å²) in [5, 5.41) is 2.73. The van der Waals surface area contributed by atoms with Crippen molar-refractivity contribution in [3.8, 4) is 5.75 Å². The van der Waals surface area contributed by atoms with E-state index in [4.69, 9.17) is 16.3 Å². The average molecular weight is 298 g/mol. The van der Waals surface area contributed by atoms with E-state index in [1.54, 1.807) is 18.2 Å². The number of benzene rings is 2. The Hall–Kier alpha value is -2.14. The lowest BCUT2D eigenvalue weighted by molar-refractivity contribution is 0.102. The van der Waals surface area contributed by atoms with Crippen molar-refractivity contribution in [1.82, 2.24) is 0 Å². The summed E-state index contributed by atoms with van der Waals surface area (Å²) in [4.78, 5) is 12.0. The number of anilines is 1. The normalized spacial score (nSPS) is 10.2. The van der Waals surface area contributed by atoms with Crippen LogP contribution in [0.25, 0.3) is 0 Å². The molecule has 0 fully saturated rings. The summed E-state index contributed by atoms with van der Waals surface area (Å²) in [7, 11) is 1.39. The van der Waals surface area contributed by atoms with Gasteiger partial charge in [0.2, 0.25) is 0 Å². The van der Waals surface area contributed by atoms with Gasteiger partial charge in [0.25, 0.3) is 5.91 Å². The van der Waals surface area contributed by atoms with Crippen LogP contribution >= 0.6 is 11.6 Å². The van der Waals surface area contributed by atoms with Crippen LogP contribution in [0.1, 0.15) is 10.4 Å². The summed E-state index contributed by atoms with van der Waals surface area (Å²) < 4.78 is 31.6. The quantitative estimate of drug-likeness (QED) is 0.933. The predicted octanol–water partition coefficient (Wildman–Crippen LogP) is 3.88. The van der Waals surface area contributed by atoms with Gasteiger partial charge in [0.05, 0.1) is 23.4 Å². The van der Waals surface area contributed by atoms with Crippen LogP contribution in [0.3, 0.4) is 0 Å². The molecule has 0 heterocycles. The van der Waals surface area contributed by atoms with Crippen LogP contribution in [-0.4, -0.2) is 13.0 Å². The fourth-order valence-electron chi connectivity index (χ4n) is 1.68. The molecule has 1 N–H and O–H groups in total. The monoisotopic (exact) mass is 297 g/mol. The Kier molecular flexibility index (Phi) is 4.20. The second-order valence-electron chi connectivity index (χ2n) is 3.90. The molecule has 2 aromatic carbocycles. The van der Waals surface area contributed by atoms with Crippen LogP contribution < -0.4 is 10.1 Å². The van der Waals surface area contributed by atoms with Crippen molar-refractivity contribution < 1.29 is 18.3 Å². The molecule has 0 unspecified atom stereocenters. The van der Waals surface area contributed by atoms with Crippen molar-refractivity contribution in [2.24, 2.45) is 0 Å². The van der Waals surface area contributed by atoms with Gasteiger partial charge in [-0.25, -0.2) is 8.78 Å². The van der Waals surface area contributed by atoms with E-state index < -0.39 is 23.1 Å². The molecule has 0 aromatic heterocycles. The van der Waals surface area contributed by atoms with Gasteiger partial charge in [-0.3, -0.25) is 4.79 Å². The molecular weight excluding hydrogens is 288 g/mol. The molecule has 20 heavy (non-hydrogen) atoms. The molecule has 2 aromatic rings. The Morgan fingerprint density at radius 2 is 2.00 bits per heavy atom. The highest BCUT2D eigenvalue weighted by molar-refractivity contribution is 6.32. The number of hydrogen-bond donors (Lipinski definition) is 1. The minimum Gasteiger partial charge on any atom is -0.493 e. The zero-order chi connectivity index (χ0) is 14.7. The van der Waals surface area contributed by atoms with Crippen LogP contribution in [0.15, 0.2) is 36.4 Å². The van der Waals surface area contributed by atoms with Gasteiger partial charge in [-0.15, -0.1) is 0 Å². The third-order valence-electron chi connectivity index (χ3n) is 2.59. The molecule has 0 aliphatic carbocycles. The van der Waals surface area contributed by atoms with E-state index in [2.05, 4.69) is 5.32 Å². The summed E-state index contributed by atoms with van der Waals surface area (Å²) in [6.07, 6.45) is 0. The molecule has 2 rings (SSSR count). The second kappa shape index (κ2) is 5.88. The van der Waals surface area contributed by atoms with E-state index in [0.717, 1.165) is 18.2 Å². The number of halogens is 3. The van der Waals surface area contributed by atoms with Crippen molar-refractivity contribution in [1.29, 1.82) is 0 Å². The Morgan fingerprint density at radius 3 is 2.70 bits per heavy atom. The second-order valence-corrected chi connectivity index (χ2v) is 4.31. The van der Waals surface area contributed by atoms with Crippen LogP contribution in [0, 0.1) is 11.6 Å². The first kappa shape index (κ1) is 14.3. The maximum Gasteiger partial charge on any atom is 0.258 e. The Balaban J connectivity index is 2.33. The molecule has 0 radical (unpaired) electrons. The lowest BCUT2D eigenvalue weighted by Crippen LogP contribution is -2.14. The van der Waals surface area contributed by atoms with Gasteiger partial charge >= 0.3 is 0 Å². The number of methoxy groups -OCH3 is 1. The van der Waals surface area contributed by atoms with E-state index >= 15 is 0 Å². The van der Waals surface area contributed by atoms with E-state index in [1.165, 1.54) is 7.11 Å². The topological polar surface area (TPSA) is 38.3 Å². The number of rotatable bonds is 3. The first-order valence-electron chi connectivity index (χ1n) is 5.62. The Morgan fingerprint density at radius 1 is 1.25 bits per heavy atom. The third-order valence-corrected chi connectivity index (χ3v) is 2.89. The zero-order valence-corrected chi connectivity index (χ0v) is 11.2. The largest absolute Gasteiger partial charge is 0.493 e. The number of ether oxygens (including phenoxy) is 1. The highest BCUT2D eigenvalue weighted by Gasteiger charge is 2.16. The minimum atomic E-state index is -0.815. The fourth-order valence-corrected chi connectivity index (χ4v) is 1.93. The van der Waals surface area contributed by atoms with Crippen molar-refractivity contribution in [2.75, 3.05) is 12.4 Å². The molecule has 1 amide bonds. The van der Waals surface area contributed by atoms with Gasteiger partial charge < -0.3 is 10.1 Å². The maximum atomic E-state index is 13.5. The number of carbonyl (C=O) groups is 1. The third kappa shape index (κ3) is 2.88. The molecule has 104 valence electrons. The summed E-state index contributed by atoms with van der Waals surface area (Å²) in [5.41, 5.74) is -0.124. The van der Waals surface area contributed by atoms with E-state index in [1.807, 2.05) is 0 Å². The Labute approximate surface area is 119 Å². The van der Waals surface area contributed by atoms with E-state index in [-0.39, 0.29) is 11.4 Å². The first-order chi connectivity index (χ1) is 9.52. The number of para-hydroxylation sites is 1. The molecule has 0 saturated carbocycles. The number of amides is 1. The maximum absolute atomic E-state index is 13.5. The van der Waals surface area contributed by atoms with Crippen molar-refractivity contribution in [3.63, 3.8) is 0 Å². The minimum absolute atomic E-state index is 0.249. The Bertz CT molecular complexity index is 662. The number of carbonyl (C=O) groups excluding carboxylic acids is 1. The molecule has 3 nitrogen and oxygen atoms in total. The lowest BCUT2D eigenvalue weighted by atomic mass is 10.2. The fraction of sp³-hybridized carbons (Fsp3) is 0.0714. The molecule has 0 aliphatic rings. The van der Waals surface area contributed by atoms with Crippen molar-refractivity contribution in [3.05, 3.63) is 58.6 Å². The molecule has 0 atom stereocenters. The first-order valence-corrected chi connectivity index (χ1v) is 5.99. The highest BCUT2D eigenvalue weighted by Crippen LogP contribution is 2.32. The van der Waals surface area contributed by atoms with Crippen LogP contribution in [-0.2, 0) is 0 Å². The van der Waals surface area contributed by atoms with Gasteiger partial charge in [0, 0.05) is 0 Å². The summed E-state index contributed by atoms with van der Waals surface area (Å²) >= 11 is 5.91. The zero-order valence-electron chi connectivity index (χ0n) is 10.4. The summed E-state index contributed by atoms with van der Waals surface area (Å²) in [5.74, 6) is -2.05. The van der Waals surface area contributed by atoms with E-state index in [0.29, 0.717) is 5.02 Å². The van der Waals surface area contributed by atoms with Crippen molar-refractivity contribution in [2.45, 2.75) is 0 Å². The van der Waals surface area contributed by atoms with Gasteiger partial charge in [0.1, 0.15) is 11.6 Å². The molecule has 0 bridgehead atoms. The standard InChI is InChI=1S/C14H10ClF2NO2/c1-20-13-10(15)3-2-4-12(13)18-14(19)9-7-8(16)5-6-11(9)17/h2-7H,1H3,(H,18,19). The van der Waals surface area contributed by atoms with Gasteiger partial charge in [0.15, 0.2) is 5.75 Å². The lowest BCUT2D eigenvalue weighted by Gasteiger charge is -2.11. The average Bonchev–Trinajstić information content (AvgIpc) is 2.41. The van der Waals surface area contributed by atoms with Gasteiger partial charge in [-0.2, -0.15) is 0 Å². The van der Waals surface area contributed by atoms with E-state index in [9.17, 15) is 13.6 Å². The smallest absolute Gasteiger partial charge is 0.258 e. The number of hydrogen-bond acceptors (Lipinski definition) is 2.